The van der Waals surface area contributed by atoms with Gasteiger partial charge in [-0.2, -0.15) is 0 Å². The molecular formula is C25H36N2O8P2. The molecule has 12 heteroatoms. The second-order valence-corrected chi connectivity index (χ2v) is 11.9. The fourth-order valence-electron chi connectivity index (χ4n) is 3.77. The number of unbranched alkanes of at least 4 members (excludes halogenated alkanes) is 4. The molecule has 10 nitrogen and oxygen atoms in total. The first-order valence-corrected chi connectivity index (χ1v) is 15.4. The Labute approximate surface area is 218 Å². The smallest absolute Gasteiger partial charge is 0.321 e. The lowest BCUT2D eigenvalue weighted by Gasteiger charge is -2.20. The van der Waals surface area contributed by atoms with Gasteiger partial charge in [-0.3, -0.25) is 18.7 Å². The van der Waals surface area contributed by atoms with Gasteiger partial charge in [0.15, 0.2) is 0 Å². The summed E-state index contributed by atoms with van der Waals surface area (Å²) in [5, 5.41) is 0.367. The molecule has 0 aliphatic carbocycles. The van der Waals surface area contributed by atoms with Crippen molar-refractivity contribution in [2.24, 2.45) is 0 Å². The first kappa shape index (κ1) is 30.9. The molecule has 0 saturated heterocycles. The first-order valence-electron chi connectivity index (χ1n) is 12.3. The Morgan fingerprint density at radius 1 is 0.676 bits per heavy atom. The molecule has 204 valence electrons. The summed E-state index contributed by atoms with van der Waals surface area (Å²) in [5.74, 6) is 0. The topological polar surface area (TPSA) is 134 Å². The molecule has 2 amide bonds. The zero-order chi connectivity index (χ0) is 27.3. The van der Waals surface area contributed by atoms with Crippen molar-refractivity contribution in [1.82, 2.24) is 0 Å². The van der Waals surface area contributed by atoms with Crippen LogP contribution >= 0.6 is 15.2 Å². The van der Waals surface area contributed by atoms with Crippen LogP contribution in [0.2, 0.25) is 0 Å². The van der Waals surface area contributed by atoms with Crippen molar-refractivity contribution in [2.45, 2.75) is 46.0 Å². The molecule has 0 aliphatic rings. The van der Waals surface area contributed by atoms with Crippen molar-refractivity contribution in [3.8, 4) is 0 Å². The Bertz CT molecular complexity index is 1060. The summed E-state index contributed by atoms with van der Waals surface area (Å²) in [5.41, 5.74) is 1.28. The van der Waals surface area contributed by atoms with Gasteiger partial charge >= 0.3 is 15.2 Å². The number of nitrogens with zero attached hydrogens (tertiary/aromatic N) is 2. The van der Waals surface area contributed by atoms with E-state index >= 15 is 0 Å². The molecule has 0 atom stereocenters. The van der Waals surface area contributed by atoms with Gasteiger partial charge in [0.2, 0.25) is 12.8 Å². The third kappa shape index (κ3) is 9.49. The Morgan fingerprint density at radius 2 is 1.05 bits per heavy atom. The van der Waals surface area contributed by atoms with E-state index in [1.165, 1.54) is 29.2 Å². The van der Waals surface area contributed by atoms with Crippen molar-refractivity contribution in [1.29, 1.82) is 0 Å². The minimum atomic E-state index is -4.31. The number of hydrogen-bond acceptors (Lipinski definition) is 6. The second kappa shape index (κ2) is 15.2. The average Bonchev–Trinajstić information content (AvgIpc) is 2.88. The van der Waals surface area contributed by atoms with Crippen LogP contribution < -0.4 is 20.4 Å². The molecule has 2 aromatic carbocycles. The van der Waals surface area contributed by atoms with Crippen molar-refractivity contribution in [3.63, 3.8) is 0 Å². The van der Waals surface area contributed by atoms with E-state index in [-0.39, 0.29) is 18.5 Å². The van der Waals surface area contributed by atoms with Crippen LogP contribution in [0.15, 0.2) is 48.5 Å². The lowest BCUT2D eigenvalue weighted by Crippen LogP contribution is -2.23. The van der Waals surface area contributed by atoms with Crippen LogP contribution in [0.3, 0.4) is 0 Å². The molecule has 0 bridgehead atoms. The minimum Gasteiger partial charge on any atom is -0.321 e. The third-order valence-corrected chi connectivity index (χ3v) is 8.76. The summed E-state index contributed by atoms with van der Waals surface area (Å²) in [6.07, 6.45) is 5.80. The van der Waals surface area contributed by atoms with E-state index < -0.39 is 15.2 Å². The lowest BCUT2D eigenvalue weighted by atomic mass is 10.1. The first-order chi connectivity index (χ1) is 17.7. The lowest BCUT2D eigenvalue weighted by molar-refractivity contribution is -0.108. The Kier molecular flexibility index (Phi) is 12.7. The van der Waals surface area contributed by atoms with Crippen molar-refractivity contribution in [2.75, 3.05) is 36.1 Å². The maximum absolute atomic E-state index is 12.9. The van der Waals surface area contributed by atoms with Gasteiger partial charge in [-0.25, -0.2) is 0 Å². The molecule has 0 aliphatic heterocycles. The van der Waals surface area contributed by atoms with Gasteiger partial charge in [0.25, 0.3) is 0 Å². The Balaban J connectivity index is 1.76. The molecule has 2 rings (SSSR count). The van der Waals surface area contributed by atoms with Gasteiger partial charge < -0.3 is 28.6 Å². The predicted octanol–water partition coefficient (Wildman–Crippen LogP) is 3.96. The van der Waals surface area contributed by atoms with Crippen LogP contribution in [-0.4, -0.2) is 48.9 Å². The van der Waals surface area contributed by atoms with Crippen LogP contribution in [0.5, 0.6) is 0 Å². The van der Waals surface area contributed by atoms with Gasteiger partial charge in [-0.1, -0.05) is 19.3 Å². The molecule has 0 fully saturated rings. The number of hydrogen-bond donors (Lipinski definition) is 2. The summed E-state index contributed by atoms with van der Waals surface area (Å²) in [6, 6.07) is 12.5. The Morgan fingerprint density at radius 3 is 1.41 bits per heavy atom. The molecule has 2 aromatic rings. The maximum atomic E-state index is 12.9. The largest absolute Gasteiger partial charge is 0.361 e. The third-order valence-electron chi connectivity index (χ3n) is 5.67. The Hall–Kier alpha value is -2.32. The highest BCUT2D eigenvalue weighted by Gasteiger charge is 2.26. The minimum absolute atomic E-state index is 0.0848. The quantitative estimate of drug-likeness (QED) is 0.161. The molecule has 2 N–H and O–H groups in total. The molecule has 0 saturated carbocycles. The second-order valence-electron chi connectivity index (χ2n) is 8.28. The van der Waals surface area contributed by atoms with Gasteiger partial charge in [-0.15, -0.1) is 0 Å². The van der Waals surface area contributed by atoms with E-state index in [0.717, 1.165) is 38.5 Å². The van der Waals surface area contributed by atoms with E-state index in [4.69, 9.17) is 9.05 Å². The highest BCUT2D eigenvalue weighted by Crippen LogP contribution is 2.46. The molecule has 37 heavy (non-hydrogen) atoms. The normalized spacial score (nSPS) is 11.8. The standard InChI is InChI=1S/C25H36N2O8P2/c1-3-34-37(33,35-4-2)25-16-12-23(13-17-25)27(21-29)19-9-7-5-6-8-18-26(20-28)22-10-14-24(15-11-22)36(30,31)32/h10-17,20-21H,3-9,18-19H2,1-2H3,(H2,30,31,32). The van der Waals surface area contributed by atoms with E-state index in [2.05, 4.69) is 0 Å². The van der Waals surface area contributed by atoms with Gasteiger partial charge in [0.05, 0.1) is 23.8 Å². The van der Waals surface area contributed by atoms with Crippen LogP contribution in [-0.2, 0) is 27.8 Å². The van der Waals surface area contributed by atoms with E-state index in [1.54, 1.807) is 43.0 Å². The molecule has 0 aromatic heterocycles. The average molecular weight is 555 g/mol. The number of carbonyl (C=O) groups excluding carboxylic acids is 2. The van der Waals surface area contributed by atoms with Crippen molar-refractivity contribution >= 4 is 50.0 Å². The molecule has 0 radical (unpaired) electrons. The predicted molar refractivity (Wildman–Crippen MR) is 145 cm³/mol. The van der Waals surface area contributed by atoms with Crippen LogP contribution in [0.4, 0.5) is 11.4 Å². The summed E-state index contributed by atoms with van der Waals surface area (Å²) in [7, 11) is -7.68. The monoisotopic (exact) mass is 554 g/mol. The molecule has 0 spiro atoms. The van der Waals surface area contributed by atoms with E-state index in [1.807, 2.05) is 0 Å². The zero-order valence-electron chi connectivity index (χ0n) is 21.3. The van der Waals surface area contributed by atoms with E-state index in [0.29, 0.717) is 36.2 Å². The summed E-state index contributed by atoms with van der Waals surface area (Å²) < 4.78 is 34.9. The van der Waals surface area contributed by atoms with Crippen LogP contribution in [0.25, 0.3) is 0 Å². The molecule has 0 unspecified atom stereocenters. The fourth-order valence-corrected chi connectivity index (χ4v) is 5.88. The van der Waals surface area contributed by atoms with Gasteiger partial charge in [0, 0.05) is 24.5 Å². The number of carbonyl (C=O) groups is 2. The summed E-state index contributed by atoms with van der Waals surface area (Å²) >= 11 is 0. The highest BCUT2D eigenvalue weighted by atomic mass is 31.2. The fraction of sp³-hybridized carbons (Fsp3) is 0.440. The zero-order valence-corrected chi connectivity index (χ0v) is 23.1. The number of rotatable bonds is 18. The number of amides is 2. The SMILES string of the molecule is CCOP(=O)(OCC)c1ccc(N(C=O)CCCCCCCN(C=O)c2ccc(P(=O)(O)O)cc2)cc1. The molecule has 0 heterocycles. The van der Waals surface area contributed by atoms with Gasteiger partial charge in [-0.05, 0) is 75.2 Å². The van der Waals surface area contributed by atoms with Crippen molar-refractivity contribution < 1.29 is 37.6 Å². The highest BCUT2D eigenvalue weighted by molar-refractivity contribution is 7.62. The molecular weight excluding hydrogens is 518 g/mol. The van der Waals surface area contributed by atoms with Crippen LogP contribution in [0.1, 0.15) is 46.0 Å². The summed E-state index contributed by atoms with van der Waals surface area (Å²) in [6.45, 7) is 5.07. The van der Waals surface area contributed by atoms with Crippen LogP contribution in [0, 0.1) is 0 Å². The van der Waals surface area contributed by atoms with Gasteiger partial charge in [0.1, 0.15) is 0 Å². The van der Waals surface area contributed by atoms with Crippen molar-refractivity contribution in [3.05, 3.63) is 48.5 Å². The number of anilines is 2. The van der Waals surface area contributed by atoms with E-state index in [9.17, 15) is 28.5 Å². The number of benzene rings is 2. The maximum Gasteiger partial charge on any atom is 0.361 e. The summed E-state index contributed by atoms with van der Waals surface area (Å²) in [4.78, 5) is 44.6.